The Hall–Kier alpha value is -2.31. The van der Waals surface area contributed by atoms with Crippen LogP contribution in [0.2, 0.25) is 0 Å². The number of pyridine rings is 1. The van der Waals surface area contributed by atoms with Gasteiger partial charge >= 0.3 is 6.09 Å². The normalized spacial score (nSPS) is 18.0. The Bertz CT molecular complexity index is 652. The molecule has 7 heteroatoms. The summed E-state index contributed by atoms with van der Waals surface area (Å²) in [5.41, 5.74) is 1.73. The number of carbonyl (C=O) groups excluding carboxylic acids is 1. The third-order valence-corrected chi connectivity index (χ3v) is 4.40. The highest BCUT2D eigenvalue weighted by Crippen LogP contribution is 2.15. The van der Waals surface area contributed by atoms with E-state index in [-0.39, 0.29) is 12.1 Å². The van der Waals surface area contributed by atoms with Crippen LogP contribution in [0, 0.1) is 6.92 Å². The van der Waals surface area contributed by atoms with E-state index >= 15 is 0 Å². The van der Waals surface area contributed by atoms with Crippen molar-refractivity contribution in [3.05, 3.63) is 29.6 Å². The molecule has 2 N–H and O–H groups in total. The molecule has 1 aromatic heterocycles. The molecule has 1 atom stereocenters. The first-order valence-electron chi connectivity index (χ1n) is 10.2. The van der Waals surface area contributed by atoms with Crippen LogP contribution in [-0.2, 0) is 11.2 Å². The zero-order chi connectivity index (χ0) is 20.6. The van der Waals surface area contributed by atoms with Crippen molar-refractivity contribution in [3.63, 3.8) is 0 Å². The van der Waals surface area contributed by atoms with Crippen LogP contribution in [0.1, 0.15) is 51.8 Å². The van der Waals surface area contributed by atoms with Gasteiger partial charge in [0, 0.05) is 44.1 Å². The molecule has 1 aromatic rings. The maximum atomic E-state index is 12.3. The minimum atomic E-state index is -0.474. The zero-order valence-corrected chi connectivity index (χ0v) is 17.9. The number of rotatable bonds is 5. The maximum Gasteiger partial charge on any atom is 0.410 e. The summed E-state index contributed by atoms with van der Waals surface area (Å²) < 4.78 is 5.51. The number of aromatic nitrogens is 1. The van der Waals surface area contributed by atoms with Crippen LogP contribution in [0.5, 0.6) is 0 Å². The van der Waals surface area contributed by atoms with E-state index in [2.05, 4.69) is 33.6 Å². The smallest absolute Gasteiger partial charge is 0.410 e. The maximum absolute atomic E-state index is 12.3. The quantitative estimate of drug-likeness (QED) is 0.598. The van der Waals surface area contributed by atoms with Gasteiger partial charge in [0.05, 0.1) is 0 Å². The zero-order valence-electron chi connectivity index (χ0n) is 17.9. The van der Waals surface area contributed by atoms with Crippen LogP contribution in [0.25, 0.3) is 0 Å². The highest BCUT2D eigenvalue weighted by Gasteiger charge is 2.27. The van der Waals surface area contributed by atoms with Gasteiger partial charge in [0.15, 0.2) is 5.96 Å². The lowest BCUT2D eigenvalue weighted by atomic mass is 10.1. The molecule has 1 amide bonds. The first-order valence-corrected chi connectivity index (χ1v) is 10.2. The molecule has 1 aliphatic heterocycles. The highest BCUT2D eigenvalue weighted by molar-refractivity contribution is 5.80. The number of carbonyl (C=O) groups is 1. The van der Waals surface area contributed by atoms with Crippen molar-refractivity contribution in [1.82, 2.24) is 20.5 Å². The summed E-state index contributed by atoms with van der Waals surface area (Å²) in [4.78, 5) is 23.1. The van der Waals surface area contributed by atoms with Gasteiger partial charge in [-0.2, -0.15) is 0 Å². The Morgan fingerprint density at radius 1 is 1.39 bits per heavy atom. The third kappa shape index (κ3) is 7.74. The number of nitrogens with one attached hydrogen (secondary N) is 2. The van der Waals surface area contributed by atoms with Crippen molar-refractivity contribution >= 4 is 12.1 Å². The number of likely N-dealkylation sites (tertiary alicyclic amines) is 1. The standard InChI is InChI=1S/C21H35N5O2/c1-6-22-19(23-12-11-17-10-9-16(2)24-14-17)25-18-8-7-13-26(15-18)20(27)28-21(3,4)5/h9-10,14,18H,6-8,11-13,15H2,1-5H3,(H2,22,23,25). The van der Waals surface area contributed by atoms with Crippen LogP contribution < -0.4 is 10.6 Å². The van der Waals surface area contributed by atoms with Crippen molar-refractivity contribution in [3.8, 4) is 0 Å². The van der Waals surface area contributed by atoms with Crippen LogP contribution in [-0.4, -0.2) is 59.8 Å². The molecular weight excluding hydrogens is 354 g/mol. The number of hydrogen-bond donors (Lipinski definition) is 2. The SMILES string of the molecule is CCNC(=NCCc1ccc(C)nc1)NC1CCCN(C(=O)OC(C)(C)C)C1. The molecule has 0 spiro atoms. The molecule has 0 radical (unpaired) electrons. The molecule has 1 unspecified atom stereocenters. The highest BCUT2D eigenvalue weighted by atomic mass is 16.6. The fourth-order valence-corrected chi connectivity index (χ4v) is 3.04. The van der Waals surface area contributed by atoms with Gasteiger partial charge in [-0.05, 0) is 65.5 Å². The van der Waals surface area contributed by atoms with E-state index in [0.717, 1.165) is 44.0 Å². The fourth-order valence-electron chi connectivity index (χ4n) is 3.04. The number of aliphatic imine (C=N–C) groups is 1. The molecule has 0 aliphatic carbocycles. The van der Waals surface area contributed by atoms with Gasteiger partial charge in [0.25, 0.3) is 0 Å². The lowest BCUT2D eigenvalue weighted by molar-refractivity contribution is 0.0193. The van der Waals surface area contributed by atoms with Gasteiger partial charge < -0.3 is 20.3 Å². The van der Waals surface area contributed by atoms with E-state index in [1.54, 1.807) is 4.90 Å². The van der Waals surface area contributed by atoms with Crippen molar-refractivity contribution < 1.29 is 9.53 Å². The molecule has 0 bridgehead atoms. The predicted octanol–water partition coefficient (Wildman–Crippen LogP) is 2.89. The molecule has 0 saturated carbocycles. The Morgan fingerprint density at radius 2 is 2.18 bits per heavy atom. The monoisotopic (exact) mass is 389 g/mol. The second-order valence-electron chi connectivity index (χ2n) is 8.23. The molecule has 1 fully saturated rings. The number of hydrogen-bond acceptors (Lipinski definition) is 4. The van der Waals surface area contributed by atoms with E-state index in [1.807, 2.05) is 40.0 Å². The molecule has 2 heterocycles. The number of aryl methyl sites for hydroxylation is 1. The minimum Gasteiger partial charge on any atom is -0.444 e. The van der Waals surface area contributed by atoms with Crippen molar-refractivity contribution in [2.24, 2.45) is 4.99 Å². The molecule has 1 aliphatic rings. The van der Waals surface area contributed by atoms with Crippen molar-refractivity contribution in [1.29, 1.82) is 0 Å². The van der Waals surface area contributed by atoms with E-state index in [1.165, 1.54) is 5.56 Å². The average molecular weight is 390 g/mol. The second kappa shape index (κ2) is 10.3. The number of nitrogens with zero attached hydrogens (tertiary/aromatic N) is 3. The third-order valence-electron chi connectivity index (χ3n) is 4.40. The number of piperidine rings is 1. The van der Waals surface area contributed by atoms with Crippen LogP contribution in [0.4, 0.5) is 4.79 Å². The van der Waals surface area contributed by atoms with E-state index < -0.39 is 5.60 Å². The molecule has 0 aromatic carbocycles. The second-order valence-corrected chi connectivity index (χ2v) is 8.23. The molecular formula is C21H35N5O2. The summed E-state index contributed by atoms with van der Waals surface area (Å²) in [5.74, 6) is 0.790. The van der Waals surface area contributed by atoms with Crippen molar-refractivity contribution in [2.75, 3.05) is 26.2 Å². The fraction of sp³-hybridized carbons (Fsp3) is 0.667. The summed E-state index contributed by atoms with van der Waals surface area (Å²) in [6, 6.07) is 4.29. The Morgan fingerprint density at radius 3 is 2.82 bits per heavy atom. The Kier molecular flexibility index (Phi) is 8.08. The summed E-state index contributed by atoms with van der Waals surface area (Å²) in [7, 11) is 0. The van der Waals surface area contributed by atoms with Gasteiger partial charge in [-0.15, -0.1) is 0 Å². The summed E-state index contributed by atoms with van der Waals surface area (Å²) >= 11 is 0. The Balaban J connectivity index is 1.89. The summed E-state index contributed by atoms with van der Waals surface area (Å²) in [6.07, 6.45) is 4.47. The van der Waals surface area contributed by atoms with Gasteiger partial charge in [-0.25, -0.2) is 4.79 Å². The van der Waals surface area contributed by atoms with Crippen LogP contribution >= 0.6 is 0 Å². The van der Waals surface area contributed by atoms with E-state index in [4.69, 9.17) is 4.74 Å². The lowest BCUT2D eigenvalue weighted by Gasteiger charge is -2.35. The van der Waals surface area contributed by atoms with Gasteiger partial charge in [0.2, 0.25) is 0 Å². The topological polar surface area (TPSA) is 78.9 Å². The molecule has 2 rings (SSSR count). The molecule has 156 valence electrons. The molecule has 7 nitrogen and oxygen atoms in total. The van der Waals surface area contributed by atoms with E-state index in [0.29, 0.717) is 13.1 Å². The molecule has 28 heavy (non-hydrogen) atoms. The largest absolute Gasteiger partial charge is 0.444 e. The molecule has 1 saturated heterocycles. The minimum absolute atomic E-state index is 0.167. The van der Waals surface area contributed by atoms with Gasteiger partial charge in [0.1, 0.15) is 5.60 Å². The number of amides is 1. The lowest BCUT2D eigenvalue weighted by Crippen LogP contribution is -2.53. The van der Waals surface area contributed by atoms with Crippen LogP contribution in [0.15, 0.2) is 23.3 Å². The Labute approximate surface area is 169 Å². The predicted molar refractivity (Wildman–Crippen MR) is 113 cm³/mol. The first kappa shape index (κ1) is 22.0. The van der Waals surface area contributed by atoms with E-state index in [9.17, 15) is 4.79 Å². The summed E-state index contributed by atoms with van der Waals surface area (Å²) in [5, 5.41) is 6.77. The summed E-state index contributed by atoms with van der Waals surface area (Å²) in [6.45, 7) is 12.6. The number of guanidine groups is 1. The van der Waals surface area contributed by atoms with Gasteiger partial charge in [-0.3, -0.25) is 9.98 Å². The number of ether oxygens (including phenoxy) is 1. The van der Waals surface area contributed by atoms with Crippen molar-refractivity contribution in [2.45, 2.75) is 65.5 Å². The van der Waals surface area contributed by atoms with Gasteiger partial charge in [-0.1, -0.05) is 6.07 Å². The first-order chi connectivity index (χ1) is 13.3. The average Bonchev–Trinajstić information content (AvgIpc) is 2.62. The van der Waals surface area contributed by atoms with Crippen LogP contribution in [0.3, 0.4) is 0 Å².